The summed E-state index contributed by atoms with van der Waals surface area (Å²) in [7, 11) is 0. The Labute approximate surface area is 207 Å². The van der Waals surface area contributed by atoms with Crippen LogP contribution in [-0.2, 0) is 9.59 Å². The lowest BCUT2D eigenvalue weighted by molar-refractivity contribution is -0.139. The van der Waals surface area contributed by atoms with Gasteiger partial charge in [-0.3, -0.25) is 19.5 Å². The second-order valence-electron chi connectivity index (χ2n) is 10.7. The number of rotatable bonds is 5. The van der Waals surface area contributed by atoms with Crippen LogP contribution >= 0.6 is 0 Å². The fraction of sp³-hybridized carbons (Fsp3) is 0.345. The van der Waals surface area contributed by atoms with Crippen LogP contribution in [0.2, 0.25) is 0 Å². The Morgan fingerprint density at radius 3 is 2.36 bits per heavy atom. The zero-order valence-electron chi connectivity index (χ0n) is 19.7. The molecule has 3 fully saturated rings. The molecule has 7 rings (SSSR count). The van der Waals surface area contributed by atoms with Gasteiger partial charge in [0.15, 0.2) is 0 Å². The number of hydrogen-bond donors (Lipinski definition) is 0. The van der Waals surface area contributed by atoms with Crippen LogP contribution in [0.25, 0.3) is 21.9 Å². The van der Waals surface area contributed by atoms with Gasteiger partial charge in [0.2, 0.25) is 5.91 Å². The number of halogens is 2. The highest BCUT2D eigenvalue weighted by Gasteiger charge is 2.58. The highest BCUT2D eigenvalue weighted by Crippen LogP contribution is 2.46. The summed E-state index contributed by atoms with van der Waals surface area (Å²) in [5.74, 6) is 0.243. The van der Waals surface area contributed by atoms with E-state index in [9.17, 15) is 14.0 Å². The quantitative estimate of drug-likeness (QED) is 0.523. The van der Waals surface area contributed by atoms with Crippen molar-refractivity contribution in [3.05, 3.63) is 71.8 Å². The molecular weight excluding hydrogens is 460 g/mol. The van der Waals surface area contributed by atoms with Gasteiger partial charge in [0.1, 0.15) is 23.0 Å². The SMILES string of the molecule is O=C(C1CC1)N1CC(CN2C(=O)C3(CC3)N=C2c2ccc(-c3ccc4cc(F)ccc4c3)cc2F)C1. The average Bonchev–Trinajstić information content (AvgIpc) is 3.76. The third-order valence-electron chi connectivity index (χ3n) is 7.92. The van der Waals surface area contributed by atoms with E-state index in [4.69, 9.17) is 4.99 Å². The van der Waals surface area contributed by atoms with Crippen molar-refractivity contribution in [3.8, 4) is 11.1 Å². The highest BCUT2D eigenvalue weighted by molar-refractivity contribution is 6.16. The summed E-state index contributed by atoms with van der Waals surface area (Å²) < 4.78 is 29.0. The molecule has 3 aromatic rings. The molecule has 1 saturated heterocycles. The molecule has 0 atom stereocenters. The fourth-order valence-electron chi connectivity index (χ4n) is 5.46. The van der Waals surface area contributed by atoms with Crippen LogP contribution < -0.4 is 0 Å². The lowest BCUT2D eigenvalue weighted by Gasteiger charge is -2.41. The van der Waals surface area contributed by atoms with Gasteiger partial charge in [0, 0.05) is 31.5 Å². The van der Waals surface area contributed by atoms with Crippen molar-refractivity contribution in [3.63, 3.8) is 0 Å². The van der Waals surface area contributed by atoms with Crippen LogP contribution in [0.15, 0.2) is 59.6 Å². The van der Waals surface area contributed by atoms with Crippen molar-refractivity contribution < 1.29 is 18.4 Å². The smallest absolute Gasteiger partial charge is 0.256 e. The summed E-state index contributed by atoms with van der Waals surface area (Å²) >= 11 is 0. The van der Waals surface area contributed by atoms with Gasteiger partial charge < -0.3 is 4.90 Å². The Hall–Kier alpha value is -3.61. The van der Waals surface area contributed by atoms with E-state index in [1.807, 2.05) is 29.2 Å². The summed E-state index contributed by atoms with van der Waals surface area (Å²) in [6.07, 6.45) is 3.36. The van der Waals surface area contributed by atoms with Crippen molar-refractivity contribution in [1.29, 1.82) is 0 Å². The number of amides is 2. The number of amidine groups is 1. The Balaban J connectivity index is 1.14. The van der Waals surface area contributed by atoms with Crippen molar-refractivity contribution in [2.75, 3.05) is 19.6 Å². The third kappa shape index (κ3) is 3.52. The first-order valence-electron chi connectivity index (χ1n) is 12.6. The molecule has 2 amide bonds. The zero-order chi connectivity index (χ0) is 24.6. The number of carbonyl (C=O) groups excluding carboxylic acids is 2. The van der Waals surface area contributed by atoms with Gasteiger partial charge in [-0.05, 0) is 77.9 Å². The van der Waals surface area contributed by atoms with Gasteiger partial charge >= 0.3 is 0 Å². The summed E-state index contributed by atoms with van der Waals surface area (Å²) in [4.78, 5) is 33.7. The predicted octanol–water partition coefficient (Wildman–Crippen LogP) is 4.77. The van der Waals surface area contributed by atoms with Crippen LogP contribution in [0, 0.1) is 23.5 Å². The Morgan fingerprint density at radius 1 is 0.944 bits per heavy atom. The van der Waals surface area contributed by atoms with E-state index in [-0.39, 0.29) is 29.5 Å². The minimum Gasteiger partial charge on any atom is -0.342 e. The Morgan fingerprint density at radius 2 is 1.64 bits per heavy atom. The number of carbonyl (C=O) groups is 2. The largest absolute Gasteiger partial charge is 0.342 e. The molecule has 2 saturated carbocycles. The minimum absolute atomic E-state index is 0.0466. The second-order valence-corrected chi connectivity index (χ2v) is 10.7. The van der Waals surface area contributed by atoms with Gasteiger partial charge in [-0.1, -0.05) is 24.3 Å². The molecule has 0 radical (unpaired) electrons. The van der Waals surface area contributed by atoms with Crippen LogP contribution in [0.1, 0.15) is 31.2 Å². The van der Waals surface area contributed by atoms with Crippen molar-refractivity contribution in [2.24, 2.45) is 16.8 Å². The van der Waals surface area contributed by atoms with E-state index >= 15 is 4.39 Å². The monoisotopic (exact) mass is 485 g/mol. The maximum absolute atomic E-state index is 15.5. The van der Waals surface area contributed by atoms with E-state index in [0.29, 0.717) is 49.4 Å². The molecule has 4 aliphatic rings. The Bertz CT molecular complexity index is 1470. The molecule has 1 spiro atoms. The molecule has 2 aliphatic carbocycles. The zero-order valence-corrected chi connectivity index (χ0v) is 19.7. The topological polar surface area (TPSA) is 53.0 Å². The summed E-state index contributed by atoms with van der Waals surface area (Å²) in [5, 5.41) is 1.66. The fourth-order valence-corrected chi connectivity index (χ4v) is 5.46. The van der Waals surface area contributed by atoms with Gasteiger partial charge in [0.25, 0.3) is 5.91 Å². The standard InChI is InChI=1S/C29H25F2N3O2/c30-23-7-5-20-11-19(3-4-21(20)12-23)22-6-8-24(25(31)13-22)26-32-29(9-10-29)28(36)34(26)16-17-14-33(15-17)27(35)18-1-2-18/h3-8,11-13,17-18H,1-2,9-10,14-16H2. The minimum atomic E-state index is -0.721. The summed E-state index contributed by atoms with van der Waals surface area (Å²) in [6, 6.07) is 15.2. The normalized spacial score (nSPS) is 20.7. The third-order valence-corrected chi connectivity index (χ3v) is 7.92. The Kier molecular flexibility index (Phi) is 4.63. The van der Waals surface area contributed by atoms with Crippen LogP contribution in [-0.4, -0.2) is 52.6 Å². The van der Waals surface area contributed by atoms with Gasteiger partial charge in [-0.15, -0.1) is 0 Å². The van der Waals surface area contributed by atoms with E-state index < -0.39 is 11.4 Å². The van der Waals surface area contributed by atoms with Crippen LogP contribution in [0.3, 0.4) is 0 Å². The molecule has 0 aromatic heterocycles. The molecule has 3 aromatic carbocycles. The molecule has 7 heteroatoms. The average molecular weight is 486 g/mol. The predicted molar refractivity (Wildman–Crippen MR) is 132 cm³/mol. The summed E-state index contributed by atoms with van der Waals surface area (Å²) in [6.45, 7) is 1.75. The first-order chi connectivity index (χ1) is 17.4. The van der Waals surface area contributed by atoms with Crippen LogP contribution in [0.5, 0.6) is 0 Å². The molecular formula is C29H25F2N3O2. The molecule has 0 N–H and O–H groups in total. The lowest BCUT2D eigenvalue weighted by atomic mass is 9.97. The number of aliphatic imine (C=N–C) groups is 1. The van der Waals surface area contributed by atoms with Crippen LogP contribution in [0.4, 0.5) is 8.78 Å². The van der Waals surface area contributed by atoms with Crippen molar-refractivity contribution in [2.45, 2.75) is 31.2 Å². The number of benzene rings is 3. The maximum Gasteiger partial charge on any atom is 0.256 e. The molecule has 2 heterocycles. The van der Waals surface area contributed by atoms with Gasteiger partial charge in [-0.2, -0.15) is 0 Å². The van der Waals surface area contributed by atoms with Gasteiger partial charge in [-0.25, -0.2) is 8.78 Å². The molecule has 5 nitrogen and oxygen atoms in total. The molecule has 36 heavy (non-hydrogen) atoms. The molecule has 182 valence electrons. The van der Waals surface area contributed by atoms with E-state index in [0.717, 1.165) is 29.2 Å². The van der Waals surface area contributed by atoms with Crippen molar-refractivity contribution in [1.82, 2.24) is 9.80 Å². The number of fused-ring (bicyclic) bond motifs is 1. The molecule has 0 bridgehead atoms. The second kappa shape index (κ2) is 7.69. The van der Waals surface area contributed by atoms with Gasteiger partial charge in [0.05, 0.1) is 5.56 Å². The number of nitrogens with zero attached hydrogens (tertiary/aromatic N) is 3. The summed E-state index contributed by atoms with van der Waals surface area (Å²) in [5.41, 5.74) is 1.13. The maximum atomic E-state index is 15.5. The van der Waals surface area contributed by atoms with E-state index in [1.54, 1.807) is 17.0 Å². The highest BCUT2D eigenvalue weighted by atomic mass is 19.1. The first-order valence-corrected chi connectivity index (χ1v) is 12.6. The van der Waals surface area contributed by atoms with E-state index in [1.165, 1.54) is 18.2 Å². The number of hydrogen-bond acceptors (Lipinski definition) is 3. The van der Waals surface area contributed by atoms with E-state index in [2.05, 4.69) is 0 Å². The van der Waals surface area contributed by atoms with Crippen molar-refractivity contribution >= 4 is 28.4 Å². The lowest BCUT2D eigenvalue weighted by Crippen LogP contribution is -2.55. The first kappa shape index (κ1) is 21.7. The molecule has 0 unspecified atom stereocenters. The number of likely N-dealkylation sites (tertiary alicyclic amines) is 1. The molecule has 2 aliphatic heterocycles.